The van der Waals surface area contributed by atoms with Crippen molar-refractivity contribution >= 4 is 55.4 Å². The molecule has 4 N–H and O–H groups in total. The molecule has 202 valence electrons. The van der Waals surface area contributed by atoms with Gasteiger partial charge in [-0.15, -0.1) is 0 Å². The topological polar surface area (TPSA) is 120 Å². The van der Waals surface area contributed by atoms with E-state index in [0.717, 1.165) is 27.4 Å². The van der Waals surface area contributed by atoms with Crippen LogP contribution in [0.1, 0.15) is 38.6 Å². The number of imide groups is 1. The number of aliphatic hydroxyl groups excluding tert-OH is 3. The highest BCUT2D eigenvalue weighted by atomic mass is 16.4. The molecular formula is C32H24N4O5. The molecule has 0 radical (unpaired) electrons. The minimum atomic E-state index is -1.45. The second-order valence-corrected chi connectivity index (χ2v) is 11.2. The summed E-state index contributed by atoms with van der Waals surface area (Å²) in [6, 6.07) is 25.1. The van der Waals surface area contributed by atoms with Gasteiger partial charge in [0.05, 0.1) is 33.2 Å². The van der Waals surface area contributed by atoms with Crippen molar-refractivity contribution in [3.8, 4) is 0 Å². The lowest BCUT2D eigenvalue weighted by Crippen LogP contribution is -2.60. The second-order valence-electron chi connectivity index (χ2n) is 11.2. The maximum atomic E-state index is 13.4. The lowest BCUT2D eigenvalue weighted by atomic mass is 9.94. The molecule has 9 nitrogen and oxygen atoms in total. The summed E-state index contributed by atoms with van der Waals surface area (Å²) in [6.07, 6.45) is -5.73. The summed E-state index contributed by atoms with van der Waals surface area (Å²) in [7, 11) is 0. The first-order chi connectivity index (χ1) is 20.0. The van der Waals surface area contributed by atoms with E-state index in [1.54, 1.807) is 0 Å². The van der Waals surface area contributed by atoms with E-state index in [1.165, 1.54) is 0 Å². The zero-order chi connectivity index (χ0) is 27.7. The van der Waals surface area contributed by atoms with Crippen molar-refractivity contribution in [3.05, 3.63) is 95.6 Å². The number of piperidine rings is 1. The third kappa shape index (κ3) is 2.69. The number of hydrogen-bond donors (Lipinski definition) is 4. The van der Waals surface area contributed by atoms with E-state index < -0.39 is 42.5 Å². The van der Waals surface area contributed by atoms with Crippen LogP contribution in [0.4, 0.5) is 0 Å². The summed E-state index contributed by atoms with van der Waals surface area (Å²) in [5.74, 6) is -0.916. The molecule has 9 rings (SSSR count). The fraction of sp³-hybridized carbons (Fsp3) is 0.188. The van der Waals surface area contributed by atoms with Crippen LogP contribution in [-0.4, -0.2) is 59.5 Å². The van der Waals surface area contributed by atoms with Gasteiger partial charge in [0.2, 0.25) is 0 Å². The Hall–Kier alpha value is -4.54. The molecule has 4 aromatic carbocycles. The lowest BCUT2D eigenvalue weighted by Gasteiger charge is -2.49. The van der Waals surface area contributed by atoms with Gasteiger partial charge in [-0.2, -0.15) is 0 Å². The van der Waals surface area contributed by atoms with Crippen molar-refractivity contribution in [2.45, 2.75) is 37.2 Å². The number of nitrogens with zero attached hydrogens (tertiary/aromatic N) is 3. The molecule has 1 fully saturated rings. The average Bonchev–Trinajstić information content (AvgIpc) is 3.57. The van der Waals surface area contributed by atoms with E-state index in [4.69, 9.17) is 0 Å². The Morgan fingerprint density at radius 2 is 1.07 bits per heavy atom. The SMILES string of the molecule is O=C1NC(=O)c2c1c1c3ccccc3n3c1c1c2c2ccccc2n1[C@H]1[C@@H](O)C(O)[C@@H](O)[C@@H]3N1Cc1ccccc1. The summed E-state index contributed by atoms with van der Waals surface area (Å²) in [4.78, 5) is 28.9. The van der Waals surface area contributed by atoms with Crippen molar-refractivity contribution in [3.63, 3.8) is 0 Å². The largest absolute Gasteiger partial charge is 0.387 e. The van der Waals surface area contributed by atoms with Gasteiger partial charge >= 0.3 is 0 Å². The van der Waals surface area contributed by atoms with E-state index in [1.807, 2.05) is 92.9 Å². The summed E-state index contributed by atoms with van der Waals surface area (Å²) < 4.78 is 4.00. The van der Waals surface area contributed by atoms with Gasteiger partial charge in [-0.3, -0.25) is 19.8 Å². The predicted molar refractivity (Wildman–Crippen MR) is 152 cm³/mol. The Balaban J connectivity index is 1.56. The van der Waals surface area contributed by atoms with E-state index in [-0.39, 0.29) is 0 Å². The van der Waals surface area contributed by atoms with E-state index in [9.17, 15) is 24.9 Å². The smallest absolute Gasteiger partial charge is 0.259 e. The summed E-state index contributed by atoms with van der Waals surface area (Å²) >= 11 is 0. The lowest BCUT2D eigenvalue weighted by molar-refractivity contribution is -0.199. The Bertz CT molecular complexity index is 2000. The van der Waals surface area contributed by atoms with Crippen LogP contribution in [0, 0.1) is 0 Å². The number of hydrogen-bond acceptors (Lipinski definition) is 6. The fourth-order valence-corrected chi connectivity index (χ4v) is 7.67. The minimum absolute atomic E-state index is 0.317. The molecule has 2 aromatic heterocycles. The van der Waals surface area contributed by atoms with Crippen LogP contribution >= 0.6 is 0 Å². The Kier molecular flexibility index (Phi) is 4.41. The molecule has 5 atom stereocenters. The number of benzene rings is 4. The molecule has 3 aliphatic heterocycles. The van der Waals surface area contributed by atoms with Crippen LogP contribution in [-0.2, 0) is 6.54 Å². The number of rotatable bonds is 2. The number of fused-ring (bicyclic) bond motifs is 13. The van der Waals surface area contributed by atoms with Crippen LogP contribution in [0.15, 0.2) is 78.9 Å². The zero-order valence-electron chi connectivity index (χ0n) is 21.6. The third-order valence-electron chi connectivity index (χ3n) is 9.20. The van der Waals surface area contributed by atoms with Crippen molar-refractivity contribution in [1.29, 1.82) is 0 Å². The van der Waals surface area contributed by atoms with E-state index >= 15 is 0 Å². The number of carbonyl (C=O) groups excluding carboxylic acids is 2. The summed E-state index contributed by atoms with van der Waals surface area (Å²) in [5.41, 5.74) is 4.49. The molecular weight excluding hydrogens is 520 g/mol. The van der Waals surface area contributed by atoms with Crippen LogP contribution in [0.25, 0.3) is 43.6 Å². The molecule has 1 saturated heterocycles. The van der Waals surface area contributed by atoms with E-state index in [0.29, 0.717) is 39.5 Å². The second kappa shape index (κ2) is 7.80. The number of carbonyl (C=O) groups is 2. The Morgan fingerprint density at radius 3 is 1.59 bits per heavy atom. The zero-order valence-corrected chi connectivity index (χ0v) is 21.6. The summed E-state index contributed by atoms with van der Waals surface area (Å²) in [6.45, 7) is 0.367. The van der Waals surface area contributed by atoms with Crippen LogP contribution in [0.3, 0.4) is 0 Å². The van der Waals surface area contributed by atoms with Gasteiger partial charge < -0.3 is 24.5 Å². The van der Waals surface area contributed by atoms with E-state index in [2.05, 4.69) is 5.32 Å². The van der Waals surface area contributed by atoms with Gasteiger partial charge in [0.1, 0.15) is 30.6 Å². The molecule has 0 saturated carbocycles. The number of nitrogens with one attached hydrogen (secondary N) is 1. The van der Waals surface area contributed by atoms with Gasteiger partial charge in [-0.05, 0) is 17.7 Å². The molecule has 41 heavy (non-hydrogen) atoms. The molecule has 0 spiro atoms. The molecule has 9 heteroatoms. The van der Waals surface area contributed by atoms with Gasteiger partial charge in [-0.25, -0.2) is 0 Å². The van der Waals surface area contributed by atoms with Crippen molar-refractivity contribution < 1.29 is 24.9 Å². The van der Waals surface area contributed by atoms with Crippen LogP contribution in [0.5, 0.6) is 0 Å². The van der Waals surface area contributed by atoms with Gasteiger partial charge in [0, 0.05) is 28.1 Å². The Morgan fingerprint density at radius 1 is 0.610 bits per heavy atom. The highest BCUT2D eigenvalue weighted by molar-refractivity contribution is 6.39. The number of amides is 2. The standard InChI is InChI=1S/C32H24N4O5/c37-26-27(38)31-34(14-15-8-2-1-3-9-15)32(28(26)39)36-19-13-7-5-11-17(19)21-23-22(29(40)33-30(23)41)20-16-10-4-6-12-18(16)35(31)24(20)25(21)36/h1-13,26-28,31-32,37-39H,14H2,(H,33,40,41)/t26?,27-,28+,31-,32+. The fourth-order valence-electron chi connectivity index (χ4n) is 7.67. The number of para-hydroxylation sites is 2. The quantitative estimate of drug-likeness (QED) is 0.248. The molecule has 6 aromatic rings. The molecule has 3 aliphatic rings. The molecule has 0 aliphatic carbocycles. The average molecular weight is 545 g/mol. The number of aliphatic hydroxyl groups is 3. The highest BCUT2D eigenvalue weighted by Gasteiger charge is 2.53. The predicted octanol–water partition coefficient (Wildman–Crippen LogP) is 3.40. The Labute approximate surface area is 232 Å². The van der Waals surface area contributed by atoms with Crippen LogP contribution < -0.4 is 5.32 Å². The maximum Gasteiger partial charge on any atom is 0.259 e. The first kappa shape index (κ1) is 23.2. The molecule has 1 unspecified atom stereocenters. The van der Waals surface area contributed by atoms with Gasteiger partial charge in [0.15, 0.2) is 0 Å². The van der Waals surface area contributed by atoms with Gasteiger partial charge in [0.25, 0.3) is 11.8 Å². The third-order valence-corrected chi connectivity index (χ3v) is 9.20. The first-order valence-electron chi connectivity index (χ1n) is 13.7. The van der Waals surface area contributed by atoms with Crippen molar-refractivity contribution in [2.24, 2.45) is 0 Å². The molecule has 2 amide bonds. The van der Waals surface area contributed by atoms with Crippen LogP contribution in [0.2, 0.25) is 0 Å². The normalized spacial score (nSPS) is 25.5. The monoisotopic (exact) mass is 544 g/mol. The van der Waals surface area contributed by atoms with Gasteiger partial charge in [-0.1, -0.05) is 66.7 Å². The summed E-state index contributed by atoms with van der Waals surface area (Å²) in [5, 5.41) is 40.1. The van der Waals surface area contributed by atoms with Crippen molar-refractivity contribution in [1.82, 2.24) is 19.4 Å². The number of aromatic nitrogens is 2. The maximum absolute atomic E-state index is 13.4. The molecule has 2 bridgehead atoms. The molecule has 5 heterocycles. The van der Waals surface area contributed by atoms with Crippen molar-refractivity contribution in [2.75, 3.05) is 0 Å². The first-order valence-corrected chi connectivity index (χ1v) is 13.7. The minimum Gasteiger partial charge on any atom is -0.387 e. The highest BCUT2D eigenvalue weighted by Crippen LogP contribution is 2.53.